The largest absolute Gasteiger partial charge is 0.468 e. The smallest absolute Gasteiger partial charge is 0.324 e. The van der Waals surface area contributed by atoms with Crippen LogP contribution in [0.4, 0.5) is 0 Å². The first kappa shape index (κ1) is 14.7. The van der Waals surface area contributed by atoms with E-state index in [1.165, 1.54) is 13.3 Å². The Bertz CT molecular complexity index is 521. The van der Waals surface area contributed by atoms with Gasteiger partial charge in [-0.3, -0.25) is 4.79 Å². The van der Waals surface area contributed by atoms with E-state index in [2.05, 4.69) is 19.4 Å². The number of carbonyl (C=O) groups is 1. The lowest BCUT2D eigenvalue weighted by Crippen LogP contribution is -2.45. The first-order valence-electron chi connectivity index (χ1n) is 5.39. The number of methoxy groups -OCH3 is 1. The van der Waals surface area contributed by atoms with Crippen LogP contribution in [-0.2, 0) is 19.6 Å². The Morgan fingerprint density at radius 1 is 1.50 bits per heavy atom. The normalized spacial score (nSPS) is 13.6. The topological polar surface area (TPSA) is 101 Å². The Hall–Kier alpha value is -1.41. The molecule has 0 bridgehead atoms. The van der Waals surface area contributed by atoms with Crippen LogP contribution >= 0.6 is 0 Å². The van der Waals surface area contributed by atoms with Crippen molar-refractivity contribution in [2.45, 2.75) is 31.8 Å². The molecule has 0 fully saturated rings. The second-order valence-corrected chi connectivity index (χ2v) is 5.88. The summed E-state index contributed by atoms with van der Waals surface area (Å²) in [6.45, 7) is 5.09. The predicted molar refractivity (Wildman–Crippen MR) is 64.3 cm³/mol. The first-order chi connectivity index (χ1) is 8.27. The third kappa shape index (κ3) is 3.30. The Morgan fingerprint density at radius 3 is 2.50 bits per heavy atom. The Balaban J connectivity index is 2.97. The quantitative estimate of drug-likeness (QED) is 0.747. The molecule has 0 spiro atoms. The number of aromatic nitrogens is 2. The van der Waals surface area contributed by atoms with Gasteiger partial charge in [0, 0.05) is 0 Å². The second kappa shape index (κ2) is 5.49. The fraction of sp³-hybridized carbons (Fsp3) is 0.600. The lowest BCUT2D eigenvalue weighted by molar-refractivity contribution is -0.143. The molecule has 7 nitrogen and oxygen atoms in total. The number of ether oxygens (including phenoxy) is 1. The van der Waals surface area contributed by atoms with E-state index >= 15 is 0 Å². The molecule has 8 heteroatoms. The highest BCUT2D eigenvalue weighted by Gasteiger charge is 2.29. The molecule has 0 aliphatic heterocycles. The zero-order valence-corrected chi connectivity index (χ0v) is 11.5. The molecule has 0 aromatic carbocycles. The van der Waals surface area contributed by atoms with Crippen LogP contribution in [0, 0.1) is 12.8 Å². The van der Waals surface area contributed by atoms with Gasteiger partial charge in [-0.05, 0) is 12.8 Å². The van der Waals surface area contributed by atoms with Crippen molar-refractivity contribution in [3.8, 4) is 0 Å². The molecule has 0 aliphatic carbocycles. The second-order valence-electron chi connectivity index (χ2n) is 4.20. The highest BCUT2D eigenvalue weighted by atomic mass is 32.2. The monoisotopic (exact) mass is 275 g/mol. The van der Waals surface area contributed by atoms with E-state index in [1.807, 2.05) is 0 Å². The van der Waals surface area contributed by atoms with Crippen LogP contribution in [0.25, 0.3) is 0 Å². The summed E-state index contributed by atoms with van der Waals surface area (Å²) < 4.78 is 30.8. The summed E-state index contributed by atoms with van der Waals surface area (Å²) in [5, 5.41) is -0.0745. The molecule has 1 heterocycles. The minimum atomic E-state index is -3.81. The van der Waals surface area contributed by atoms with Gasteiger partial charge >= 0.3 is 5.97 Å². The maximum atomic E-state index is 12.0. The number of H-pyrrole nitrogens is 1. The lowest BCUT2D eigenvalue weighted by atomic mass is 10.1. The van der Waals surface area contributed by atoms with Crippen molar-refractivity contribution in [2.75, 3.05) is 7.11 Å². The standard InChI is InChI=1S/C10H17N3O4S/c1-6(2)9(10(14)17-4)13-18(15,16)8-5-11-7(3)12-8/h5-6,9,13H,1-4H3,(H,11,12)/t9-/m0/s1. The molecule has 0 amide bonds. The highest BCUT2D eigenvalue weighted by molar-refractivity contribution is 7.89. The summed E-state index contributed by atoms with van der Waals surface area (Å²) in [4.78, 5) is 17.9. The van der Waals surface area contributed by atoms with Crippen molar-refractivity contribution < 1.29 is 17.9 Å². The van der Waals surface area contributed by atoms with Gasteiger partial charge in [-0.2, -0.15) is 4.72 Å². The fourth-order valence-electron chi connectivity index (χ4n) is 1.35. The number of rotatable bonds is 5. The minimum absolute atomic E-state index is 0.0745. The average molecular weight is 275 g/mol. The molecule has 1 aromatic heterocycles. The summed E-state index contributed by atoms with van der Waals surface area (Å²) in [6.07, 6.45) is 1.20. The molecule has 1 atom stereocenters. The molecule has 0 aliphatic rings. The molecule has 1 rings (SSSR count). The Labute approximate surface area is 106 Å². The van der Waals surface area contributed by atoms with Gasteiger partial charge in [-0.25, -0.2) is 13.4 Å². The number of esters is 1. The summed E-state index contributed by atoms with van der Waals surface area (Å²) in [6, 6.07) is -0.927. The zero-order valence-electron chi connectivity index (χ0n) is 10.7. The number of nitrogens with one attached hydrogen (secondary N) is 2. The summed E-state index contributed by atoms with van der Waals surface area (Å²) >= 11 is 0. The number of hydrogen-bond acceptors (Lipinski definition) is 5. The van der Waals surface area contributed by atoms with Crippen LogP contribution in [0.2, 0.25) is 0 Å². The van der Waals surface area contributed by atoms with Crippen molar-refractivity contribution in [2.24, 2.45) is 5.92 Å². The molecule has 18 heavy (non-hydrogen) atoms. The minimum Gasteiger partial charge on any atom is -0.468 e. The van der Waals surface area contributed by atoms with E-state index in [0.29, 0.717) is 5.82 Å². The number of sulfonamides is 1. The van der Waals surface area contributed by atoms with Crippen molar-refractivity contribution in [1.82, 2.24) is 14.7 Å². The maximum absolute atomic E-state index is 12.0. The SMILES string of the molecule is COC(=O)[C@@H](NS(=O)(=O)c1cnc(C)[nH]1)C(C)C. The van der Waals surface area contributed by atoms with Crippen LogP contribution in [-0.4, -0.2) is 37.5 Å². The number of nitrogens with zero attached hydrogens (tertiary/aromatic N) is 1. The van der Waals surface area contributed by atoms with E-state index in [4.69, 9.17) is 0 Å². The van der Waals surface area contributed by atoms with E-state index in [-0.39, 0.29) is 10.9 Å². The van der Waals surface area contributed by atoms with Crippen LogP contribution in [0.3, 0.4) is 0 Å². The number of aryl methyl sites for hydroxylation is 1. The number of hydrogen-bond donors (Lipinski definition) is 2. The van der Waals surface area contributed by atoms with Crippen LogP contribution in [0.5, 0.6) is 0 Å². The lowest BCUT2D eigenvalue weighted by Gasteiger charge is -2.19. The number of carbonyl (C=O) groups excluding carboxylic acids is 1. The van der Waals surface area contributed by atoms with Gasteiger partial charge in [0.15, 0.2) is 5.03 Å². The molecule has 2 N–H and O–H groups in total. The molecule has 1 aromatic rings. The van der Waals surface area contributed by atoms with Crippen LogP contribution < -0.4 is 4.72 Å². The van der Waals surface area contributed by atoms with Gasteiger partial charge in [0.25, 0.3) is 10.0 Å². The fourth-order valence-corrected chi connectivity index (χ4v) is 2.65. The third-order valence-electron chi connectivity index (χ3n) is 2.37. The van der Waals surface area contributed by atoms with E-state index < -0.39 is 22.0 Å². The average Bonchev–Trinajstić information content (AvgIpc) is 2.72. The molecular formula is C10H17N3O4S. The summed E-state index contributed by atoms with van der Waals surface area (Å²) in [7, 11) is -2.59. The van der Waals surface area contributed by atoms with Crippen molar-refractivity contribution in [3.05, 3.63) is 12.0 Å². The number of imidazole rings is 1. The van der Waals surface area contributed by atoms with E-state index in [0.717, 1.165) is 0 Å². The maximum Gasteiger partial charge on any atom is 0.324 e. The van der Waals surface area contributed by atoms with Gasteiger partial charge < -0.3 is 9.72 Å². The summed E-state index contributed by atoms with van der Waals surface area (Å²) in [5.74, 6) is -0.365. The molecule has 102 valence electrons. The molecular weight excluding hydrogens is 258 g/mol. The molecule has 0 saturated carbocycles. The van der Waals surface area contributed by atoms with Crippen molar-refractivity contribution in [1.29, 1.82) is 0 Å². The zero-order chi connectivity index (χ0) is 13.9. The molecule has 0 unspecified atom stereocenters. The molecule has 0 radical (unpaired) electrons. The van der Waals surface area contributed by atoms with Gasteiger partial charge in [0.05, 0.1) is 13.3 Å². The van der Waals surface area contributed by atoms with Crippen LogP contribution in [0.15, 0.2) is 11.2 Å². The predicted octanol–water partition coefficient (Wildman–Crippen LogP) is 0.194. The summed E-state index contributed by atoms with van der Waals surface area (Å²) in [5.41, 5.74) is 0. The van der Waals surface area contributed by atoms with Crippen LogP contribution in [0.1, 0.15) is 19.7 Å². The van der Waals surface area contributed by atoms with E-state index in [1.54, 1.807) is 20.8 Å². The highest BCUT2D eigenvalue weighted by Crippen LogP contribution is 2.10. The van der Waals surface area contributed by atoms with Gasteiger partial charge in [0.1, 0.15) is 11.9 Å². The Morgan fingerprint density at radius 2 is 2.11 bits per heavy atom. The van der Waals surface area contributed by atoms with E-state index in [9.17, 15) is 13.2 Å². The molecule has 0 saturated heterocycles. The van der Waals surface area contributed by atoms with Gasteiger partial charge in [-0.1, -0.05) is 13.8 Å². The first-order valence-corrected chi connectivity index (χ1v) is 6.88. The Kier molecular flexibility index (Phi) is 4.47. The van der Waals surface area contributed by atoms with Crippen molar-refractivity contribution in [3.63, 3.8) is 0 Å². The number of aromatic amines is 1. The van der Waals surface area contributed by atoms with Gasteiger partial charge in [-0.15, -0.1) is 0 Å². The third-order valence-corrected chi connectivity index (χ3v) is 3.72. The van der Waals surface area contributed by atoms with Crippen molar-refractivity contribution >= 4 is 16.0 Å². The van der Waals surface area contributed by atoms with Gasteiger partial charge in [0.2, 0.25) is 0 Å².